The van der Waals surface area contributed by atoms with Crippen LogP contribution in [0.2, 0.25) is 0 Å². The first-order chi connectivity index (χ1) is 16.7. The molecule has 4 aromatic rings. The summed E-state index contributed by atoms with van der Waals surface area (Å²) < 4.78 is 7.54. The van der Waals surface area contributed by atoms with E-state index in [-0.39, 0.29) is 17.0 Å². The van der Waals surface area contributed by atoms with Gasteiger partial charge in [0.05, 0.1) is 5.69 Å². The number of hydrogen-bond acceptors (Lipinski definition) is 5. The number of aromatic nitrogens is 3. The van der Waals surface area contributed by atoms with Crippen LogP contribution >= 0.6 is 0 Å². The number of carboxylic acid groups (broad SMARTS) is 1. The van der Waals surface area contributed by atoms with E-state index in [1.54, 1.807) is 48.8 Å². The van der Waals surface area contributed by atoms with E-state index in [4.69, 9.17) is 9.84 Å². The average Bonchev–Trinajstić information content (AvgIpc) is 3.31. The molecule has 9 heteroatoms. The van der Waals surface area contributed by atoms with Crippen LogP contribution in [-0.2, 0) is 5.41 Å². The third kappa shape index (κ3) is 5.64. The Labute approximate surface area is 202 Å². The van der Waals surface area contributed by atoms with Gasteiger partial charge in [-0.3, -0.25) is 0 Å². The number of carboxylic acids is 1. The number of nitrogens with one attached hydrogen (secondary N) is 2. The number of ether oxygens (including phenoxy) is 1. The molecule has 3 N–H and O–H groups in total. The van der Waals surface area contributed by atoms with Gasteiger partial charge in [-0.25, -0.2) is 19.3 Å². The summed E-state index contributed by atoms with van der Waals surface area (Å²) in [6.45, 7) is 6.30. The van der Waals surface area contributed by atoms with Crippen molar-refractivity contribution in [2.45, 2.75) is 26.2 Å². The summed E-state index contributed by atoms with van der Waals surface area (Å²) >= 11 is 0. The van der Waals surface area contributed by atoms with Crippen LogP contribution in [0, 0.1) is 0 Å². The van der Waals surface area contributed by atoms with E-state index in [9.17, 15) is 9.59 Å². The number of aromatic carboxylic acids is 1. The molecule has 35 heavy (non-hydrogen) atoms. The Hall–Kier alpha value is -4.66. The highest BCUT2D eigenvalue weighted by molar-refractivity contribution is 6.00. The van der Waals surface area contributed by atoms with E-state index in [2.05, 4.69) is 41.5 Å². The second-order valence-corrected chi connectivity index (χ2v) is 8.78. The summed E-state index contributed by atoms with van der Waals surface area (Å²) in [7, 11) is 0. The highest BCUT2D eigenvalue weighted by Crippen LogP contribution is 2.35. The van der Waals surface area contributed by atoms with Gasteiger partial charge >= 0.3 is 12.0 Å². The van der Waals surface area contributed by atoms with E-state index in [1.165, 1.54) is 10.7 Å². The molecule has 2 heterocycles. The molecule has 0 saturated carbocycles. The average molecular weight is 472 g/mol. The van der Waals surface area contributed by atoms with Gasteiger partial charge in [-0.05, 0) is 53.9 Å². The van der Waals surface area contributed by atoms with E-state index in [0.717, 1.165) is 5.56 Å². The minimum Gasteiger partial charge on any atom is -0.476 e. The van der Waals surface area contributed by atoms with Gasteiger partial charge in [0.1, 0.15) is 11.4 Å². The van der Waals surface area contributed by atoms with Gasteiger partial charge in [0, 0.05) is 23.6 Å². The molecule has 0 aliphatic carbocycles. The normalized spacial score (nSPS) is 11.1. The molecule has 0 radical (unpaired) electrons. The van der Waals surface area contributed by atoms with Gasteiger partial charge in [-0.2, -0.15) is 5.10 Å². The fourth-order valence-corrected chi connectivity index (χ4v) is 3.41. The summed E-state index contributed by atoms with van der Waals surface area (Å²) in [5.41, 5.74) is 2.46. The lowest BCUT2D eigenvalue weighted by atomic mass is 9.86. The van der Waals surface area contributed by atoms with Gasteiger partial charge in [0.2, 0.25) is 5.88 Å². The Morgan fingerprint density at radius 3 is 2.37 bits per heavy atom. The van der Waals surface area contributed by atoms with E-state index >= 15 is 0 Å². The van der Waals surface area contributed by atoms with Crippen LogP contribution in [-0.4, -0.2) is 31.9 Å². The maximum Gasteiger partial charge on any atom is 0.356 e. The predicted octanol–water partition coefficient (Wildman–Crippen LogP) is 5.70. The minimum atomic E-state index is -1.10. The van der Waals surface area contributed by atoms with Crippen molar-refractivity contribution < 1.29 is 19.4 Å². The third-order valence-electron chi connectivity index (χ3n) is 5.12. The molecule has 0 aliphatic heterocycles. The number of carbonyl (C=O) groups excluding carboxylic acids is 1. The molecule has 0 fully saturated rings. The van der Waals surface area contributed by atoms with Crippen molar-refractivity contribution in [3.8, 4) is 17.3 Å². The molecule has 9 nitrogen and oxygen atoms in total. The topological polar surface area (TPSA) is 118 Å². The molecule has 178 valence electrons. The molecule has 0 bridgehead atoms. The van der Waals surface area contributed by atoms with Crippen LogP contribution in [0.3, 0.4) is 0 Å². The van der Waals surface area contributed by atoms with Crippen LogP contribution in [0.1, 0.15) is 36.8 Å². The summed E-state index contributed by atoms with van der Waals surface area (Å²) in [5.74, 6) is -0.149. The Bertz CT molecular complexity index is 1360. The van der Waals surface area contributed by atoms with Crippen LogP contribution in [0.5, 0.6) is 11.6 Å². The van der Waals surface area contributed by atoms with Crippen LogP contribution in [0.25, 0.3) is 5.69 Å². The largest absolute Gasteiger partial charge is 0.476 e. The summed E-state index contributed by atoms with van der Waals surface area (Å²) in [6.07, 6.45) is 3.15. The number of pyridine rings is 1. The molecular weight excluding hydrogens is 446 g/mol. The first-order valence-electron chi connectivity index (χ1n) is 10.9. The molecule has 2 aromatic carbocycles. The monoisotopic (exact) mass is 471 g/mol. The highest BCUT2D eigenvalue weighted by atomic mass is 16.5. The molecule has 0 atom stereocenters. The summed E-state index contributed by atoms with van der Waals surface area (Å²) in [6, 6.07) is 18.9. The van der Waals surface area contributed by atoms with Crippen LogP contribution < -0.4 is 15.4 Å². The summed E-state index contributed by atoms with van der Waals surface area (Å²) in [5, 5.41) is 18.5. The first-order valence-corrected chi connectivity index (χ1v) is 10.9. The Kier molecular flexibility index (Phi) is 6.50. The van der Waals surface area contributed by atoms with Crippen molar-refractivity contribution in [2.75, 3.05) is 10.6 Å². The lowest BCUT2D eigenvalue weighted by Gasteiger charge is -2.22. The van der Waals surface area contributed by atoms with Gasteiger partial charge < -0.3 is 20.5 Å². The molecule has 0 aliphatic rings. The Morgan fingerprint density at radius 2 is 1.69 bits per heavy atom. The van der Waals surface area contributed by atoms with E-state index < -0.39 is 12.0 Å². The van der Waals surface area contributed by atoms with Crippen LogP contribution in [0.4, 0.5) is 16.2 Å². The van der Waals surface area contributed by atoms with Crippen LogP contribution in [0.15, 0.2) is 79.1 Å². The fourth-order valence-electron chi connectivity index (χ4n) is 3.41. The molecule has 0 saturated heterocycles. The van der Waals surface area contributed by atoms with Crippen molar-refractivity contribution in [2.24, 2.45) is 0 Å². The number of carbonyl (C=O) groups is 2. The summed E-state index contributed by atoms with van der Waals surface area (Å²) in [4.78, 5) is 28.0. The number of rotatable bonds is 6. The van der Waals surface area contributed by atoms with Crippen molar-refractivity contribution in [3.05, 3.63) is 90.4 Å². The lowest BCUT2D eigenvalue weighted by molar-refractivity contribution is 0.0690. The molecule has 4 rings (SSSR count). The predicted molar refractivity (Wildman–Crippen MR) is 133 cm³/mol. The number of nitrogens with zero attached hydrogens (tertiary/aromatic N) is 3. The molecule has 0 spiro atoms. The minimum absolute atomic E-state index is 0.0498. The standard InChI is InChI=1S/C26H25N5O4/c1-26(2,3)19-7-4-5-9-22(19)35-23-20(8-6-15-27-23)29-25(34)28-17-10-12-18(13-11-17)31-16-14-21(30-31)24(32)33/h4-16H,1-3H3,(H,32,33)(H2,28,29,34). The second-order valence-electron chi connectivity index (χ2n) is 8.78. The van der Waals surface area contributed by atoms with Crippen molar-refractivity contribution >= 4 is 23.4 Å². The van der Waals surface area contributed by atoms with Crippen molar-refractivity contribution in [3.63, 3.8) is 0 Å². The molecule has 2 amide bonds. The molecule has 0 unspecified atom stereocenters. The van der Waals surface area contributed by atoms with Crippen molar-refractivity contribution in [1.29, 1.82) is 0 Å². The van der Waals surface area contributed by atoms with Gasteiger partial charge in [0.25, 0.3) is 0 Å². The molecular formula is C26H25N5O4. The van der Waals surface area contributed by atoms with Gasteiger partial charge in [0.15, 0.2) is 5.69 Å². The lowest BCUT2D eigenvalue weighted by Crippen LogP contribution is -2.20. The third-order valence-corrected chi connectivity index (χ3v) is 5.12. The Morgan fingerprint density at radius 1 is 0.943 bits per heavy atom. The number of urea groups is 1. The molecule has 2 aromatic heterocycles. The fraction of sp³-hybridized carbons (Fsp3) is 0.154. The zero-order valence-electron chi connectivity index (χ0n) is 19.5. The first kappa shape index (κ1) is 23.5. The smallest absolute Gasteiger partial charge is 0.356 e. The number of amides is 2. The van der Waals surface area contributed by atoms with Gasteiger partial charge in [-0.1, -0.05) is 39.0 Å². The zero-order chi connectivity index (χ0) is 25.0. The number of benzene rings is 2. The quantitative estimate of drug-likeness (QED) is 0.332. The van der Waals surface area contributed by atoms with E-state index in [0.29, 0.717) is 22.8 Å². The Balaban J connectivity index is 1.45. The van der Waals surface area contributed by atoms with Gasteiger partial charge in [-0.15, -0.1) is 0 Å². The maximum atomic E-state index is 12.7. The van der Waals surface area contributed by atoms with Crippen molar-refractivity contribution in [1.82, 2.24) is 14.8 Å². The SMILES string of the molecule is CC(C)(C)c1ccccc1Oc1ncccc1NC(=O)Nc1ccc(-n2ccc(C(=O)O)n2)cc1. The zero-order valence-corrected chi connectivity index (χ0v) is 19.5. The van der Waals surface area contributed by atoms with E-state index in [1.807, 2.05) is 24.3 Å². The number of hydrogen-bond donors (Lipinski definition) is 3. The number of para-hydroxylation sites is 1. The number of anilines is 2. The second kappa shape index (κ2) is 9.68. The maximum absolute atomic E-state index is 12.7. The highest BCUT2D eigenvalue weighted by Gasteiger charge is 2.20.